The summed E-state index contributed by atoms with van der Waals surface area (Å²) in [7, 11) is 0. The molecular formula is C18H25F3N4O2. The summed E-state index contributed by atoms with van der Waals surface area (Å²) in [6.45, 7) is 1.40. The molecule has 2 aromatic carbocycles. The third-order valence-electron chi connectivity index (χ3n) is 3.07. The summed E-state index contributed by atoms with van der Waals surface area (Å²) >= 11 is 0. The normalized spacial score (nSPS) is 10.1. The Bertz CT molecular complexity index is 612. The molecule has 0 heterocycles. The fourth-order valence-electron chi connectivity index (χ4n) is 1.70. The Morgan fingerprint density at radius 1 is 0.778 bits per heavy atom. The zero-order valence-electron chi connectivity index (χ0n) is 14.7. The van der Waals surface area contributed by atoms with Gasteiger partial charge in [-0.15, -0.1) is 0 Å². The molecule has 9 heteroatoms. The second-order valence-corrected chi connectivity index (χ2v) is 5.36. The first-order valence-electron chi connectivity index (χ1n) is 7.99. The van der Waals surface area contributed by atoms with Gasteiger partial charge in [0.1, 0.15) is 0 Å². The van der Waals surface area contributed by atoms with E-state index in [1.54, 1.807) is 0 Å². The maximum Gasteiger partial charge on any atom is 0.490 e. The van der Waals surface area contributed by atoms with Crippen molar-refractivity contribution in [2.45, 2.75) is 19.0 Å². The zero-order valence-corrected chi connectivity index (χ0v) is 14.7. The summed E-state index contributed by atoms with van der Waals surface area (Å²) in [5.41, 5.74) is 25.8. The topological polar surface area (TPSA) is 141 Å². The number of hydrogen-bond donors (Lipinski definition) is 5. The van der Waals surface area contributed by atoms with Gasteiger partial charge in [0.25, 0.3) is 0 Å². The Kier molecular flexibility index (Phi) is 11.3. The molecule has 9 N–H and O–H groups in total. The van der Waals surface area contributed by atoms with Gasteiger partial charge in [0.2, 0.25) is 0 Å². The lowest BCUT2D eigenvalue weighted by Gasteiger charge is -1.97. The van der Waals surface area contributed by atoms with Crippen LogP contribution in [0, 0.1) is 0 Å². The van der Waals surface area contributed by atoms with E-state index in [4.69, 9.17) is 32.8 Å². The number of aliphatic carboxylic acids is 1. The number of carboxylic acid groups (broad SMARTS) is 1. The molecule has 0 aliphatic rings. The lowest BCUT2D eigenvalue weighted by atomic mass is 10.1. The van der Waals surface area contributed by atoms with Gasteiger partial charge in [-0.3, -0.25) is 0 Å². The van der Waals surface area contributed by atoms with E-state index < -0.39 is 12.1 Å². The van der Waals surface area contributed by atoms with Gasteiger partial charge < -0.3 is 28.0 Å². The van der Waals surface area contributed by atoms with E-state index in [2.05, 4.69) is 0 Å². The Morgan fingerprint density at radius 3 is 1.22 bits per heavy atom. The number of anilines is 2. The molecule has 0 spiro atoms. The highest BCUT2D eigenvalue weighted by molar-refractivity contribution is 5.73. The van der Waals surface area contributed by atoms with Crippen LogP contribution in [0.5, 0.6) is 0 Å². The fraction of sp³-hybridized carbons (Fsp3) is 0.278. The molecule has 2 rings (SSSR count). The van der Waals surface area contributed by atoms with Gasteiger partial charge in [0.05, 0.1) is 0 Å². The fourth-order valence-corrected chi connectivity index (χ4v) is 1.70. The number of nitrogen functional groups attached to an aromatic ring is 2. The lowest BCUT2D eigenvalue weighted by molar-refractivity contribution is -0.192. The molecule has 27 heavy (non-hydrogen) atoms. The summed E-state index contributed by atoms with van der Waals surface area (Å²) in [4.78, 5) is 8.90. The van der Waals surface area contributed by atoms with E-state index in [-0.39, 0.29) is 0 Å². The monoisotopic (exact) mass is 386 g/mol. The molecule has 0 atom stereocenters. The number of hydrogen-bond acceptors (Lipinski definition) is 5. The van der Waals surface area contributed by atoms with E-state index >= 15 is 0 Å². The molecule has 2 aromatic rings. The van der Waals surface area contributed by atoms with Crippen molar-refractivity contribution in [2.75, 3.05) is 24.6 Å². The molecular weight excluding hydrogens is 361 g/mol. The smallest absolute Gasteiger partial charge is 0.475 e. The molecule has 0 fully saturated rings. The SMILES string of the molecule is NCCc1ccc(N)cc1.NCCc1ccc(N)cc1.O=C(O)C(F)(F)F. The molecule has 0 amide bonds. The van der Waals surface area contributed by atoms with Crippen molar-refractivity contribution < 1.29 is 23.1 Å². The number of rotatable bonds is 4. The number of alkyl halides is 3. The number of halogens is 3. The Labute approximate surface area is 156 Å². The zero-order chi connectivity index (χ0) is 20.9. The van der Waals surface area contributed by atoms with Gasteiger partial charge in [-0.05, 0) is 61.3 Å². The first-order chi connectivity index (χ1) is 12.6. The molecule has 150 valence electrons. The minimum atomic E-state index is -5.08. The summed E-state index contributed by atoms with van der Waals surface area (Å²) in [6.07, 6.45) is -3.22. The van der Waals surface area contributed by atoms with Gasteiger partial charge in [0, 0.05) is 11.4 Å². The predicted molar refractivity (Wildman–Crippen MR) is 101 cm³/mol. The van der Waals surface area contributed by atoms with E-state index in [0.29, 0.717) is 13.1 Å². The van der Waals surface area contributed by atoms with Crippen molar-refractivity contribution in [2.24, 2.45) is 11.5 Å². The van der Waals surface area contributed by atoms with Crippen LogP contribution in [0.2, 0.25) is 0 Å². The first-order valence-corrected chi connectivity index (χ1v) is 7.99. The average Bonchev–Trinajstić information content (AvgIpc) is 2.60. The van der Waals surface area contributed by atoms with Crippen molar-refractivity contribution in [1.82, 2.24) is 0 Å². The number of carbonyl (C=O) groups is 1. The quantitative estimate of drug-likeness (QED) is 0.510. The van der Waals surface area contributed by atoms with Gasteiger partial charge >= 0.3 is 12.1 Å². The van der Waals surface area contributed by atoms with E-state index in [0.717, 1.165) is 24.2 Å². The van der Waals surface area contributed by atoms with Crippen molar-refractivity contribution >= 4 is 17.3 Å². The van der Waals surface area contributed by atoms with Crippen LogP contribution in [-0.2, 0) is 17.6 Å². The van der Waals surface area contributed by atoms with Crippen LogP contribution in [0.25, 0.3) is 0 Å². The van der Waals surface area contributed by atoms with Crippen molar-refractivity contribution in [3.8, 4) is 0 Å². The highest BCUT2D eigenvalue weighted by atomic mass is 19.4. The van der Waals surface area contributed by atoms with E-state index in [1.165, 1.54) is 11.1 Å². The van der Waals surface area contributed by atoms with Crippen LogP contribution in [0.4, 0.5) is 24.5 Å². The lowest BCUT2D eigenvalue weighted by Crippen LogP contribution is -2.21. The summed E-state index contributed by atoms with van der Waals surface area (Å²) in [5.74, 6) is -2.76. The van der Waals surface area contributed by atoms with Crippen LogP contribution < -0.4 is 22.9 Å². The van der Waals surface area contributed by atoms with E-state index in [1.807, 2.05) is 48.5 Å². The summed E-state index contributed by atoms with van der Waals surface area (Å²) in [6, 6.07) is 15.6. The first kappa shape index (κ1) is 24.2. The second-order valence-electron chi connectivity index (χ2n) is 5.36. The number of benzene rings is 2. The maximum atomic E-state index is 10.6. The minimum Gasteiger partial charge on any atom is -0.475 e. The predicted octanol–water partition coefficient (Wildman–Crippen LogP) is 2.17. The molecule has 0 bridgehead atoms. The van der Waals surface area contributed by atoms with Crippen LogP contribution >= 0.6 is 0 Å². The molecule has 0 saturated heterocycles. The van der Waals surface area contributed by atoms with Crippen LogP contribution in [0.1, 0.15) is 11.1 Å². The highest BCUT2D eigenvalue weighted by Crippen LogP contribution is 2.13. The highest BCUT2D eigenvalue weighted by Gasteiger charge is 2.38. The molecule has 0 aromatic heterocycles. The molecule has 6 nitrogen and oxygen atoms in total. The Balaban J connectivity index is 0.000000384. The maximum absolute atomic E-state index is 10.6. The van der Waals surface area contributed by atoms with Crippen LogP contribution in [0.15, 0.2) is 48.5 Å². The molecule has 0 aliphatic carbocycles. The van der Waals surface area contributed by atoms with E-state index in [9.17, 15) is 13.2 Å². The van der Waals surface area contributed by atoms with Crippen molar-refractivity contribution in [1.29, 1.82) is 0 Å². The molecule has 0 unspecified atom stereocenters. The van der Waals surface area contributed by atoms with Crippen molar-refractivity contribution in [3.63, 3.8) is 0 Å². The summed E-state index contributed by atoms with van der Waals surface area (Å²) in [5, 5.41) is 7.12. The van der Waals surface area contributed by atoms with Gasteiger partial charge in [-0.1, -0.05) is 24.3 Å². The molecule has 0 saturated carbocycles. The van der Waals surface area contributed by atoms with Gasteiger partial charge in [0.15, 0.2) is 0 Å². The van der Waals surface area contributed by atoms with Crippen LogP contribution in [0.3, 0.4) is 0 Å². The second kappa shape index (κ2) is 12.6. The van der Waals surface area contributed by atoms with Gasteiger partial charge in [-0.2, -0.15) is 13.2 Å². The standard InChI is InChI=1S/2C8H12N2.C2HF3O2/c2*9-6-5-7-1-3-8(10)4-2-7;3-2(4,5)1(6)7/h2*1-4H,5-6,9-10H2;(H,6,7). The largest absolute Gasteiger partial charge is 0.490 e. The molecule has 0 aliphatic heterocycles. The summed E-state index contributed by atoms with van der Waals surface area (Å²) < 4.78 is 31.7. The third-order valence-corrected chi connectivity index (χ3v) is 3.07. The molecule has 0 radical (unpaired) electrons. The number of carboxylic acids is 1. The average molecular weight is 386 g/mol. The third kappa shape index (κ3) is 12.2. The van der Waals surface area contributed by atoms with Crippen molar-refractivity contribution in [3.05, 3.63) is 59.7 Å². The minimum absolute atomic E-state index is 0.698. The Morgan fingerprint density at radius 2 is 1.04 bits per heavy atom. The Hall–Kier alpha value is -2.78. The van der Waals surface area contributed by atoms with Gasteiger partial charge in [-0.25, -0.2) is 4.79 Å². The number of nitrogens with two attached hydrogens (primary N) is 4. The van der Waals surface area contributed by atoms with Crippen LogP contribution in [-0.4, -0.2) is 30.3 Å².